The van der Waals surface area contributed by atoms with Crippen molar-refractivity contribution in [2.75, 3.05) is 45.8 Å². The average molecular weight is 275 g/mol. The highest BCUT2D eigenvalue weighted by Gasteiger charge is 2.15. The quantitative estimate of drug-likeness (QED) is 0.736. The molecule has 1 aliphatic rings. The summed E-state index contributed by atoms with van der Waals surface area (Å²) in [5, 5.41) is 0. The van der Waals surface area contributed by atoms with Gasteiger partial charge >= 0.3 is 0 Å². The Morgan fingerprint density at radius 1 is 0.800 bits per heavy atom. The van der Waals surface area contributed by atoms with Crippen molar-refractivity contribution in [3.8, 4) is 0 Å². The van der Waals surface area contributed by atoms with Gasteiger partial charge < -0.3 is 15.5 Å². The van der Waals surface area contributed by atoms with Crippen molar-refractivity contribution in [1.82, 2.24) is 9.80 Å². The van der Waals surface area contributed by atoms with Gasteiger partial charge in [-0.3, -0.25) is 0 Å². The van der Waals surface area contributed by atoms with E-state index in [2.05, 4.69) is 40.1 Å². The van der Waals surface area contributed by atoms with E-state index in [0.29, 0.717) is 0 Å². The van der Waals surface area contributed by atoms with Gasteiger partial charge in [-0.2, -0.15) is 0 Å². The van der Waals surface area contributed by atoms with Gasteiger partial charge in [0.2, 0.25) is 0 Å². The molecule has 112 valence electrons. The lowest BCUT2D eigenvalue weighted by molar-refractivity contribution is 0.132. The van der Waals surface area contributed by atoms with Gasteiger partial charge in [-0.05, 0) is 37.9 Å². The van der Waals surface area contributed by atoms with Crippen LogP contribution in [0.15, 0.2) is 30.3 Å². The maximum atomic E-state index is 5.53. The van der Waals surface area contributed by atoms with Crippen LogP contribution in [0, 0.1) is 0 Å². The Morgan fingerprint density at radius 3 is 2.10 bits per heavy atom. The molecule has 1 aromatic rings. The Hall–Kier alpha value is -0.900. The van der Waals surface area contributed by atoms with E-state index < -0.39 is 0 Å². The molecule has 2 N–H and O–H groups in total. The van der Waals surface area contributed by atoms with Crippen molar-refractivity contribution in [2.45, 2.75) is 25.7 Å². The van der Waals surface area contributed by atoms with Crippen molar-refractivity contribution in [2.24, 2.45) is 5.73 Å². The summed E-state index contributed by atoms with van der Waals surface area (Å²) in [5.74, 6) is 0. The maximum Gasteiger partial charge on any atom is 0.0110 e. The second-order valence-corrected chi connectivity index (χ2v) is 5.77. The molecular formula is C17H29N3. The monoisotopic (exact) mass is 275 g/mol. The molecule has 2 rings (SSSR count). The van der Waals surface area contributed by atoms with Crippen molar-refractivity contribution in [1.29, 1.82) is 0 Å². The Kier molecular flexibility index (Phi) is 7.06. The second kappa shape index (κ2) is 9.11. The van der Waals surface area contributed by atoms with Crippen LogP contribution in [0.1, 0.15) is 24.8 Å². The smallest absolute Gasteiger partial charge is 0.0110 e. The maximum absolute atomic E-state index is 5.53. The lowest BCUT2D eigenvalue weighted by atomic mass is 10.1. The van der Waals surface area contributed by atoms with Crippen LogP contribution in [-0.4, -0.2) is 55.6 Å². The minimum atomic E-state index is 0.841. The van der Waals surface area contributed by atoms with Gasteiger partial charge in [-0.1, -0.05) is 36.8 Å². The molecule has 1 heterocycles. The van der Waals surface area contributed by atoms with E-state index in [9.17, 15) is 0 Å². The predicted octanol–water partition coefficient (Wildman–Crippen LogP) is 1.98. The van der Waals surface area contributed by atoms with Crippen LogP contribution in [0.25, 0.3) is 0 Å². The van der Waals surface area contributed by atoms with Crippen LogP contribution in [-0.2, 0) is 6.42 Å². The first-order valence-electron chi connectivity index (χ1n) is 8.07. The fraction of sp³-hybridized carbons (Fsp3) is 0.647. The van der Waals surface area contributed by atoms with E-state index in [4.69, 9.17) is 5.73 Å². The number of benzene rings is 1. The topological polar surface area (TPSA) is 32.5 Å². The molecule has 1 aromatic carbocycles. The molecule has 0 atom stereocenters. The number of piperazine rings is 1. The van der Waals surface area contributed by atoms with Crippen LogP contribution in [0.4, 0.5) is 0 Å². The molecule has 1 saturated heterocycles. The van der Waals surface area contributed by atoms with Crippen molar-refractivity contribution in [3.63, 3.8) is 0 Å². The summed E-state index contributed by atoms with van der Waals surface area (Å²) in [5.41, 5.74) is 6.98. The van der Waals surface area contributed by atoms with Crippen LogP contribution in [0.2, 0.25) is 0 Å². The highest BCUT2D eigenvalue weighted by molar-refractivity contribution is 5.14. The molecule has 0 unspecified atom stereocenters. The van der Waals surface area contributed by atoms with Crippen LogP contribution in [0.3, 0.4) is 0 Å². The Morgan fingerprint density at radius 2 is 1.45 bits per heavy atom. The molecule has 0 spiro atoms. The summed E-state index contributed by atoms with van der Waals surface area (Å²) in [7, 11) is 0. The normalized spacial score (nSPS) is 17.4. The Labute approximate surface area is 123 Å². The number of nitrogens with two attached hydrogens (primary N) is 1. The third-order valence-electron chi connectivity index (χ3n) is 4.20. The molecule has 0 aromatic heterocycles. The summed E-state index contributed by atoms with van der Waals surface area (Å²) >= 11 is 0. The third-order valence-corrected chi connectivity index (χ3v) is 4.20. The summed E-state index contributed by atoms with van der Waals surface area (Å²) in [6, 6.07) is 10.8. The van der Waals surface area contributed by atoms with E-state index in [1.165, 1.54) is 70.5 Å². The molecule has 0 amide bonds. The van der Waals surface area contributed by atoms with E-state index in [1.807, 2.05) is 0 Å². The minimum absolute atomic E-state index is 0.841. The zero-order chi connectivity index (χ0) is 14.0. The van der Waals surface area contributed by atoms with Crippen LogP contribution >= 0.6 is 0 Å². The van der Waals surface area contributed by atoms with Gasteiger partial charge in [-0.25, -0.2) is 0 Å². The third kappa shape index (κ3) is 5.61. The van der Waals surface area contributed by atoms with Crippen molar-refractivity contribution < 1.29 is 0 Å². The molecule has 0 bridgehead atoms. The molecule has 0 saturated carbocycles. The largest absolute Gasteiger partial charge is 0.330 e. The zero-order valence-electron chi connectivity index (χ0n) is 12.6. The van der Waals surface area contributed by atoms with Crippen LogP contribution < -0.4 is 5.73 Å². The molecule has 3 heteroatoms. The van der Waals surface area contributed by atoms with Gasteiger partial charge in [0.05, 0.1) is 0 Å². The fourth-order valence-electron chi connectivity index (χ4n) is 2.82. The second-order valence-electron chi connectivity index (χ2n) is 5.77. The van der Waals surface area contributed by atoms with E-state index in [1.54, 1.807) is 0 Å². The lowest BCUT2D eigenvalue weighted by Gasteiger charge is -2.34. The van der Waals surface area contributed by atoms with Gasteiger partial charge in [-0.15, -0.1) is 0 Å². The van der Waals surface area contributed by atoms with Gasteiger partial charge in [0.25, 0.3) is 0 Å². The standard InChI is InChI=1S/C17H29N3/c18-10-5-2-6-11-19-13-15-20(16-14-19)12-9-17-7-3-1-4-8-17/h1,3-4,7-8H,2,5-6,9-16,18H2. The molecule has 20 heavy (non-hydrogen) atoms. The van der Waals surface area contributed by atoms with Crippen molar-refractivity contribution >= 4 is 0 Å². The molecule has 1 fully saturated rings. The number of rotatable bonds is 8. The number of hydrogen-bond donors (Lipinski definition) is 1. The average Bonchev–Trinajstić information content (AvgIpc) is 2.52. The molecule has 0 aliphatic carbocycles. The Balaban J connectivity index is 1.57. The number of nitrogens with zero attached hydrogens (tertiary/aromatic N) is 2. The van der Waals surface area contributed by atoms with E-state index in [0.717, 1.165) is 6.54 Å². The van der Waals surface area contributed by atoms with Crippen molar-refractivity contribution in [3.05, 3.63) is 35.9 Å². The first-order valence-corrected chi connectivity index (χ1v) is 8.07. The molecule has 3 nitrogen and oxygen atoms in total. The van der Waals surface area contributed by atoms with Crippen LogP contribution in [0.5, 0.6) is 0 Å². The number of hydrogen-bond acceptors (Lipinski definition) is 3. The first-order chi connectivity index (χ1) is 9.88. The summed E-state index contributed by atoms with van der Waals surface area (Å²) in [6.07, 6.45) is 4.94. The zero-order valence-corrected chi connectivity index (χ0v) is 12.6. The summed E-state index contributed by atoms with van der Waals surface area (Å²) in [6.45, 7) is 8.22. The molecular weight excluding hydrogens is 246 g/mol. The Bertz CT molecular complexity index is 345. The summed E-state index contributed by atoms with van der Waals surface area (Å²) < 4.78 is 0. The highest BCUT2D eigenvalue weighted by atomic mass is 15.3. The lowest BCUT2D eigenvalue weighted by Crippen LogP contribution is -2.47. The van der Waals surface area contributed by atoms with Gasteiger partial charge in [0.1, 0.15) is 0 Å². The van der Waals surface area contributed by atoms with Gasteiger partial charge in [0, 0.05) is 32.7 Å². The molecule has 0 radical (unpaired) electrons. The SMILES string of the molecule is NCCCCCN1CCN(CCc2ccccc2)CC1. The van der Waals surface area contributed by atoms with E-state index >= 15 is 0 Å². The fourth-order valence-corrected chi connectivity index (χ4v) is 2.82. The van der Waals surface area contributed by atoms with E-state index in [-0.39, 0.29) is 0 Å². The predicted molar refractivity (Wildman–Crippen MR) is 85.9 cm³/mol. The first kappa shape index (κ1) is 15.5. The molecule has 1 aliphatic heterocycles. The summed E-state index contributed by atoms with van der Waals surface area (Å²) in [4.78, 5) is 5.21. The highest BCUT2D eigenvalue weighted by Crippen LogP contribution is 2.07. The minimum Gasteiger partial charge on any atom is -0.330 e. The van der Waals surface area contributed by atoms with Gasteiger partial charge in [0.15, 0.2) is 0 Å². The number of unbranched alkanes of at least 4 members (excludes halogenated alkanes) is 2.